The second kappa shape index (κ2) is 9.93. The van der Waals surface area contributed by atoms with E-state index in [0.29, 0.717) is 37.4 Å². The second-order valence-corrected chi connectivity index (χ2v) is 9.28. The van der Waals surface area contributed by atoms with Gasteiger partial charge in [0, 0.05) is 19.0 Å². The van der Waals surface area contributed by atoms with Crippen LogP contribution in [0, 0.1) is 12.8 Å². The molecule has 8 nitrogen and oxygen atoms in total. The van der Waals surface area contributed by atoms with Gasteiger partial charge in [-0.15, -0.1) is 0 Å². The highest BCUT2D eigenvalue weighted by atomic mass is 32.2. The average molecular weight is 446 g/mol. The first kappa shape index (κ1) is 22.8. The summed E-state index contributed by atoms with van der Waals surface area (Å²) in [5.74, 6) is 0.673. The zero-order valence-electron chi connectivity index (χ0n) is 17.9. The molecule has 0 saturated carbocycles. The van der Waals surface area contributed by atoms with Gasteiger partial charge in [-0.05, 0) is 55.7 Å². The molecule has 0 aliphatic carbocycles. The van der Waals surface area contributed by atoms with Gasteiger partial charge < -0.3 is 9.47 Å². The minimum absolute atomic E-state index is 0.218. The number of carbonyl (C=O) groups is 1. The molecule has 0 radical (unpaired) electrons. The van der Waals surface area contributed by atoms with Crippen molar-refractivity contribution in [3.8, 4) is 11.5 Å². The van der Waals surface area contributed by atoms with Crippen LogP contribution in [0.5, 0.6) is 11.5 Å². The Bertz CT molecular complexity index is 1040. The third-order valence-corrected chi connectivity index (χ3v) is 7.19. The number of amides is 1. The Morgan fingerprint density at radius 2 is 1.71 bits per heavy atom. The number of piperidine rings is 1. The third-order valence-electron chi connectivity index (χ3n) is 5.28. The van der Waals surface area contributed by atoms with Gasteiger partial charge in [0.1, 0.15) is 0 Å². The number of sulfonamides is 1. The molecular weight excluding hydrogens is 418 g/mol. The molecule has 0 atom stereocenters. The fraction of sp³-hybridized carbons (Fsp3) is 0.364. The second-order valence-electron chi connectivity index (χ2n) is 7.34. The number of aryl methyl sites for hydroxylation is 1. The molecule has 1 N–H and O–H groups in total. The maximum absolute atomic E-state index is 12.8. The van der Waals surface area contributed by atoms with Gasteiger partial charge in [0.15, 0.2) is 11.5 Å². The van der Waals surface area contributed by atoms with E-state index in [2.05, 4.69) is 10.5 Å². The molecule has 9 heteroatoms. The fourth-order valence-electron chi connectivity index (χ4n) is 3.41. The maximum atomic E-state index is 12.8. The van der Waals surface area contributed by atoms with Crippen molar-refractivity contribution in [2.75, 3.05) is 27.3 Å². The Morgan fingerprint density at radius 1 is 1.06 bits per heavy atom. The van der Waals surface area contributed by atoms with E-state index in [9.17, 15) is 13.2 Å². The molecule has 1 aliphatic heterocycles. The van der Waals surface area contributed by atoms with Gasteiger partial charge in [0.05, 0.1) is 25.3 Å². The topological polar surface area (TPSA) is 97.3 Å². The van der Waals surface area contributed by atoms with Crippen molar-refractivity contribution in [3.63, 3.8) is 0 Å². The van der Waals surface area contributed by atoms with Gasteiger partial charge in [-0.1, -0.05) is 17.7 Å². The summed E-state index contributed by atoms with van der Waals surface area (Å²) in [7, 11) is -0.437. The van der Waals surface area contributed by atoms with E-state index in [4.69, 9.17) is 9.47 Å². The summed E-state index contributed by atoms with van der Waals surface area (Å²) in [6.45, 7) is 2.51. The summed E-state index contributed by atoms with van der Waals surface area (Å²) in [6.07, 6.45) is 2.42. The number of hydrazone groups is 1. The van der Waals surface area contributed by atoms with Crippen molar-refractivity contribution in [2.45, 2.75) is 24.7 Å². The van der Waals surface area contributed by atoms with E-state index < -0.39 is 10.0 Å². The predicted molar refractivity (Wildman–Crippen MR) is 118 cm³/mol. The number of methoxy groups -OCH3 is 2. The van der Waals surface area contributed by atoms with Crippen LogP contribution in [0.4, 0.5) is 0 Å². The van der Waals surface area contributed by atoms with Crippen LogP contribution in [-0.2, 0) is 14.8 Å². The molecule has 166 valence electrons. The standard InChI is InChI=1S/C22H27N3O5S/c1-16-4-7-19(8-5-16)31(27,28)25-12-10-18(11-13-25)22(26)24-23-15-17-6-9-20(29-2)21(14-17)30-3/h4-9,14-15,18H,10-13H2,1-3H3,(H,24,26). The molecule has 1 amide bonds. The van der Waals surface area contributed by atoms with Gasteiger partial charge in [0.25, 0.3) is 0 Å². The number of hydrogen-bond donors (Lipinski definition) is 1. The first-order valence-electron chi connectivity index (χ1n) is 9.97. The number of nitrogens with zero attached hydrogens (tertiary/aromatic N) is 2. The highest BCUT2D eigenvalue weighted by Gasteiger charge is 2.32. The Balaban J connectivity index is 1.54. The van der Waals surface area contributed by atoms with Crippen LogP contribution in [0.2, 0.25) is 0 Å². The van der Waals surface area contributed by atoms with Crippen LogP contribution >= 0.6 is 0 Å². The first-order valence-corrected chi connectivity index (χ1v) is 11.4. The summed E-state index contributed by atoms with van der Waals surface area (Å²) in [6, 6.07) is 12.1. The average Bonchev–Trinajstić information content (AvgIpc) is 2.79. The van der Waals surface area contributed by atoms with Gasteiger partial charge in [-0.25, -0.2) is 13.8 Å². The quantitative estimate of drug-likeness (QED) is 0.522. The molecule has 0 aromatic heterocycles. The molecule has 3 rings (SSSR count). The Morgan fingerprint density at radius 3 is 2.32 bits per heavy atom. The maximum Gasteiger partial charge on any atom is 0.243 e. The molecule has 0 bridgehead atoms. The molecule has 0 spiro atoms. The lowest BCUT2D eigenvalue weighted by Gasteiger charge is -2.30. The third kappa shape index (κ3) is 5.42. The summed E-state index contributed by atoms with van der Waals surface area (Å²) in [4.78, 5) is 12.7. The lowest BCUT2D eigenvalue weighted by atomic mass is 9.98. The molecule has 2 aromatic carbocycles. The number of ether oxygens (including phenoxy) is 2. The number of carbonyl (C=O) groups excluding carboxylic acids is 1. The Labute approximate surface area is 182 Å². The molecule has 0 unspecified atom stereocenters. The zero-order chi connectivity index (χ0) is 22.4. The minimum Gasteiger partial charge on any atom is -0.493 e. The lowest BCUT2D eigenvalue weighted by Crippen LogP contribution is -2.42. The van der Waals surface area contributed by atoms with Crippen molar-refractivity contribution in [1.29, 1.82) is 0 Å². The Hall–Kier alpha value is -2.91. The van der Waals surface area contributed by atoms with E-state index in [1.807, 2.05) is 6.92 Å². The smallest absolute Gasteiger partial charge is 0.243 e. The minimum atomic E-state index is -3.54. The number of nitrogens with one attached hydrogen (secondary N) is 1. The summed E-state index contributed by atoms with van der Waals surface area (Å²) < 4.78 is 37.4. The van der Waals surface area contributed by atoms with Gasteiger partial charge in [-0.3, -0.25) is 4.79 Å². The number of benzene rings is 2. The van der Waals surface area contributed by atoms with E-state index in [-0.39, 0.29) is 16.7 Å². The van der Waals surface area contributed by atoms with Crippen LogP contribution in [0.3, 0.4) is 0 Å². The molecule has 31 heavy (non-hydrogen) atoms. The highest BCUT2D eigenvalue weighted by molar-refractivity contribution is 7.89. The normalized spacial score (nSPS) is 15.7. The van der Waals surface area contributed by atoms with E-state index in [1.54, 1.807) is 56.7 Å². The molecular formula is C22H27N3O5S. The molecule has 1 heterocycles. The van der Waals surface area contributed by atoms with E-state index in [1.165, 1.54) is 10.5 Å². The largest absolute Gasteiger partial charge is 0.493 e. The lowest BCUT2D eigenvalue weighted by molar-refractivity contribution is -0.126. The Kier molecular flexibility index (Phi) is 7.29. The van der Waals surface area contributed by atoms with Gasteiger partial charge in [0.2, 0.25) is 15.9 Å². The highest BCUT2D eigenvalue weighted by Crippen LogP contribution is 2.27. The summed E-state index contributed by atoms with van der Waals surface area (Å²) >= 11 is 0. The molecule has 2 aromatic rings. The van der Waals surface area contributed by atoms with Gasteiger partial charge >= 0.3 is 0 Å². The first-order chi connectivity index (χ1) is 14.8. The number of hydrogen-bond acceptors (Lipinski definition) is 6. The molecule has 1 fully saturated rings. The predicted octanol–water partition coefficient (Wildman–Crippen LogP) is 2.56. The van der Waals surface area contributed by atoms with Crippen LogP contribution < -0.4 is 14.9 Å². The van der Waals surface area contributed by atoms with E-state index in [0.717, 1.165) is 11.1 Å². The van der Waals surface area contributed by atoms with Crippen molar-refractivity contribution in [1.82, 2.24) is 9.73 Å². The fourth-order valence-corrected chi connectivity index (χ4v) is 4.88. The van der Waals surface area contributed by atoms with Crippen molar-refractivity contribution in [3.05, 3.63) is 53.6 Å². The van der Waals surface area contributed by atoms with Crippen molar-refractivity contribution < 1.29 is 22.7 Å². The SMILES string of the molecule is COc1ccc(C=NNC(=O)C2CCN(S(=O)(=O)c3ccc(C)cc3)CC2)cc1OC. The zero-order valence-corrected chi connectivity index (χ0v) is 18.7. The monoisotopic (exact) mass is 445 g/mol. The molecule has 1 saturated heterocycles. The van der Waals surface area contributed by atoms with Crippen molar-refractivity contribution in [2.24, 2.45) is 11.0 Å². The van der Waals surface area contributed by atoms with Crippen LogP contribution in [0.1, 0.15) is 24.0 Å². The summed E-state index contributed by atoms with van der Waals surface area (Å²) in [5, 5.41) is 4.02. The summed E-state index contributed by atoms with van der Waals surface area (Å²) in [5.41, 5.74) is 4.30. The van der Waals surface area contributed by atoms with Crippen LogP contribution in [-0.4, -0.2) is 52.2 Å². The van der Waals surface area contributed by atoms with Crippen molar-refractivity contribution >= 4 is 22.1 Å². The van der Waals surface area contributed by atoms with Gasteiger partial charge in [-0.2, -0.15) is 9.41 Å². The van der Waals surface area contributed by atoms with E-state index >= 15 is 0 Å². The molecule has 1 aliphatic rings. The number of rotatable bonds is 7. The van der Waals surface area contributed by atoms with Crippen LogP contribution in [0.25, 0.3) is 0 Å². The van der Waals surface area contributed by atoms with Crippen LogP contribution in [0.15, 0.2) is 52.5 Å².